The number of hydrogen-bond donors (Lipinski definition) is 1. The summed E-state index contributed by atoms with van der Waals surface area (Å²) in [5, 5.41) is 12.2. The lowest BCUT2D eigenvalue weighted by atomic mass is 10.2. The number of piperazine rings is 1. The Morgan fingerprint density at radius 2 is 1.75 bits per heavy atom. The van der Waals surface area contributed by atoms with Crippen molar-refractivity contribution in [2.24, 2.45) is 0 Å². The summed E-state index contributed by atoms with van der Waals surface area (Å²) in [7, 11) is 0. The van der Waals surface area contributed by atoms with Gasteiger partial charge in [0.15, 0.2) is 0 Å². The molecule has 1 aromatic heterocycles. The number of thiophene rings is 1. The second-order valence-electron chi connectivity index (χ2n) is 5.15. The Kier molecular flexibility index (Phi) is 4.35. The van der Waals surface area contributed by atoms with E-state index in [-0.39, 0.29) is 6.10 Å². The maximum absolute atomic E-state index is 10.2. The van der Waals surface area contributed by atoms with Gasteiger partial charge in [0.05, 0.1) is 0 Å². The Balaban J connectivity index is 1.51. The number of benzene rings is 1. The number of anilines is 1. The molecule has 0 saturated carbocycles. The molecule has 1 aliphatic rings. The minimum absolute atomic E-state index is 0.349. The van der Waals surface area contributed by atoms with Gasteiger partial charge < -0.3 is 10.0 Å². The fourth-order valence-electron chi connectivity index (χ4n) is 2.64. The monoisotopic (exact) mass is 288 g/mol. The molecule has 0 radical (unpaired) electrons. The molecule has 1 aromatic carbocycles. The van der Waals surface area contributed by atoms with E-state index in [0.717, 1.165) is 37.6 Å². The molecule has 1 atom stereocenters. The van der Waals surface area contributed by atoms with E-state index in [1.165, 1.54) is 5.69 Å². The quantitative estimate of drug-likeness (QED) is 0.937. The number of rotatable bonds is 4. The van der Waals surface area contributed by atoms with Crippen LogP contribution in [-0.2, 0) is 0 Å². The average Bonchev–Trinajstić information content (AvgIpc) is 3.03. The fourth-order valence-corrected chi connectivity index (χ4v) is 3.35. The van der Waals surface area contributed by atoms with Crippen LogP contribution in [0.4, 0.5) is 5.69 Å². The summed E-state index contributed by atoms with van der Waals surface area (Å²) in [4.78, 5) is 5.83. The molecule has 106 valence electrons. The van der Waals surface area contributed by atoms with Gasteiger partial charge in [0, 0.05) is 43.3 Å². The van der Waals surface area contributed by atoms with Crippen LogP contribution in [0.3, 0.4) is 0 Å². The van der Waals surface area contributed by atoms with Crippen molar-refractivity contribution in [3.63, 3.8) is 0 Å². The third-order valence-electron chi connectivity index (χ3n) is 3.80. The van der Waals surface area contributed by atoms with Crippen LogP contribution in [0.1, 0.15) is 11.0 Å². The predicted molar refractivity (Wildman–Crippen MR) is 84.4 cm³/mol. The lowest BCUT2D eigenvalue weighted by molar-refractivity contribution is 0.112. The molecule has 2 aromatic rings. The van der Waals surface area contributed by atoms with Gasteiger partial charge in [0.2, 0.25) is 0 Å². The highest BCUT2D eigenvalue weighted by molar-refractivity contribution is 7.10. The molecule has 20 heavy (non-hydrogen) atoms. The minimum Gasteiger partial charge on any atom is -0.386 e. The molecule has 2 heterocycles. The molecule has 3 nitrogen and oxygen atoms in total. The number of aliphatic hydroxyl groups excluding tert-OH is 1. The van der Waals surface area contributed by atoms with Gasteiger partial charge in [-0.25, -0.2) is 0 Å². The molecule has 1 N–H and O–H groups in total. The Morgan fingerprint density at radius 3 is 2.40 bits per heavy atom. The van der Waals surface area contributed by atoms with E-state index in [4.69, 9.17) is 0 Å². The summed E-state index contributed by atoms with van der Waals surface area (Å²) >= 11 is 1.63. The Hall–Kier alpha value is -1.36. The van der Waals surface area contributed by atoms with Crippen molar-refractivity contribution >= 4 is 17.0 Å². The first-order valence-electron chi connectivity index (χ1n) is 7.07. The normalized spacial score (nSPS) is 18.1. The predicted octanol–water partition coefficient (Wildman–Crippen LogP) is 2.60. The van der Waals surface area contributed by atoms with Crippen molar-refractivity contribution in [3.8, 4) is 0 Å². The zero-order valence-corrected chi connectivity index (χ0v) is 12.3. The molecule has 1 fully saturated rings. The van der Waals surface area contributed by atoms with Crippen LogP contribution in [0.2, 0.25) is 0 Å². The van der Waals surface area contributed by atoms with Crippen LogP contribution in [0.5, 0.6) is 0 Å². The molecule has 0 aliphatic carbocycles. The lowest BCUT2D eigenvalue weighted by Gasteiger charge is -2.36. The summed E-state index contributed by atoms with van der Waals surface area (Å²) in [5.41, 5.74) is 1.30. The Morgan fingerprint density at radius 1 is 1.00 bits per heavy atom. The highest BCUT2D eigenvalue weighted by atomic mass is 32.1. The van der Waals surface area contributed by atoms with E-state index < -0.39 is 0 Å². The van der Waals surface area contributed by atoms with E-state index in [1.807, 2.05) is 17.5 Å². The summed E-state index contributed by atoms with van der Waals surface area (Å²) in [6.45, 7) is 4.82. The first kappa shape index (κ1) is 13.6. The standard InChI is InChI=1S/C16H20N2OS/c19-15(16-7-4-12-20-16)13-17-8-10-18(11-9-17)14-5-2-1-3-6-14/h1-7,12,15,19H,8-11,13H2. The summed E-state index contributed by atoms with van der Waals surface area (Å²) < 4.78 is 0. The Bertz CT molecular complexity index is 507. The first-order chi connectivity index (χ1) is 9.83. The minimum atomic E-state index is -0.349. The third-order valence-corrected chi connectivity index (χ3v) is 4.77. The zero-order chi connectivity index (χ0) is 13.8. The molecular weight excluding hydrogens is 268 g/mol. The molecular formula is C16H20N2OS. The summed E-state index contributed by atoms with van der Waals surface area (Å²) in [6.07, 6.45) is -0.349. The van der Waals surface area contributed by atoms with Gasteiger partial charge in [0.25, 0.3) is 0 Å². The number of nitrogens with zero attached hydrogens (tertiary/aromatic N) is 2. The van der Waals surface area contributed by atoms with E-state index in [0.29, 0.717) is 0 Å². The van der Waals surface area contributed by atoms with E-state index >= 15 is 0 Å². The van der Waals surface area contributed by atoms with Crippen molar-refractivity contribution in [2.45, 2.75) is 6.10 Å². The second kappa shape index (κ2) is 6.39. The molecule has 4 heteroatoms. The number of hydrogen-bond acceptors (Lipinski definition) is 4. The average molecular weight is 288 g/mol. The highest BCUT2D eigenvalue weighted by Crippen LogP contribution is 2.21. The molecule has 1 aliphatic heterocycles. The molecule has 3 rings (SSSR count). The topological polar surface area (TPSA) is 26.7 Å². The third kappa shape index (κ3) is 3.20. The summed E-state index contributed by atoms with van der Waals surface area (Å²) in [6, 6.07) is 14.6. The lowest BCUT2D eigenvalue weighted by Crippen LogP contribution is -2.47. The van der Waals surface area contributed by atoms with Crippen LogP contribution in [-0.4, -0.2) is 42.7 Å². The van der Waals surface area contributed by atoms with Crippen molar-refractivity contribution in [1.29, 1.82) is 0 Å². The van der Waals surface area contributed by atoms with E-state index in [2.05, 4.69) is 40.1 Å². The first-order valence-corrected chi connectivity index (χ1v) is 7.95. The molecule has 1 unspecified atom stereocenters. The van der Waals surface area contributed by atoms with Crippen LogP contribution in [0, 0.1) is 0 Å². The zero-order valence-electron chi connectivity index (χ0n) is 11.5. The van der Waals surface area contributed by atoms with Crippen LogP contribution in [0.15, 0.2) is 47.8 Å². The number of para-hydroxylation sites is 1. The SMILES string of the molecule is OC(CN1CCN(c2ccccc2)CC1)c1cccs1. The molecule has 0 spiro atoms. The molecule has 0 bridgehead atoms. The van der Waals surface area contributed by atoms with E-state index in [1.54, 1.807) is 11.3 Å². The molecule has 1 saturated heterocycles. The summed E-state index contributed by atoms with van der Waals surface area (Å²) in [5.74, 6) is 0. The maximum atomic E-state index is 10.2. The Labute approximate surface area is 124 Å². The van der Waals surface area contributed by atoms with Gasteiger partial charge >= 0.3 is 0 Å². The van der Waals surface area contributed by atoms with Crippen molar-refractivity contribution in [2.75, 3.05) is 37.6 Å². The van der Waals surface area contributed by atoms with Gasteiger partial charge in [-0.1, -0.05) is 24.3 Å². The maximum Gasteiger partial charge on any atom is 0.101 e. The van der Waals surface area contributed by atoms with Gasteiger partial charge in [-0.2, -0.15) is 0 Å². The second-order valence-corrected chi connectivity index (χ2v) is 6.13. The van der Waals surface area contributed by atoms with Gasteiger partial charge in [-0.15, -0.1) is 11.3 Å². The molecule has 0 amide bonds. The van der Waals surface area contributed by atoms with Crippen molar-refractivity contribution < 1.29 is 5.11 Å². The van der Waals surface area contributed by atoms with Gasteiger partial charge in [0.1, 0.15) is 6.10 Å². The van der Waals surface area contributed by atoms with Crippen LogP contribution < -0.4 is 4.90 Å². The van der Waals surface area contributed by atoms with Gasteiger partial charge in [-0.3, -0.25) is 4.90 Å². The van der Waals surface area contributed by atoms with Crippen molar-refractivity contribution in [1.82, 2.24) is 4.90 Å². The fraction of sp³-hybridized carbons (Fsp3) is 0.375. The van der Waals surface area contributed by atoms with Gasteiger partial charge in [-0.05, 0) is 23.6 Å². The smallest absolute Gasteiger partial charge is 0.101 e. The number of β-amino-alcohol motifs (C(OH)–C–C–N with tert-alkyl or cyclic N) is 1. The van der Waals surface area contributed by atoms with Crippen LogP contribution >= 0.6 is 11.3 Å². The number of aliphatic hydroxyl groups is 1. The highest BCUT2D eigenvalue weighted by Gasteiger charge is 2.20. The van der Waals surface area contributed by atoms with Crippen molar-refractivity contribution in [3.05, 3.63) is 52.7 Å². The van der Waals surface area contributed by atoms with Crippen LogP contribution in [0.25, 0.3) is 0 Å². The van der Waals surface area contributed by atoms with E-state index in [9.17, 15) is 5.11 Å². The largest absolute Gasteiger partial charge is 0.386 e.